The average molecular weight is 354 g/mol. The number of methoxy groups -OCH3 is 1. The zero-order valence-corrected chi connectivity index (χ0v) is 15.7. The Morgan fingerprint density at radius 3 is 2.83 bits per heavy atom. The van der Waals surface area contributed by atoms with E-state index < -0.39 is 0 Å². The van der Waals surface area contributed by atoms with Gasteiger partial charge in [0, 0.05) is 24.8 Å². The van der Waals surface area contributed by atoms with Crippen LogP contribution in [0, 0.1) is 11.3 Å². The Morgan fingerprint density at radius 1 is 1.46 bits per heavy atom. The maximum Gasteiger partial charge on any atom is 0.193 e. The highest BCUT2D eigenvalue weighted by Crippen LogP contribution is 2.34. The lowest BCUT2D eigenvalue weighted by molar-refractivity contribution is -0.0823. The van der Waals surface area contributed by atoms with Gasteiger partial charge in [-0.2, -0.15) is 0 Å². The van der Waals surface area contributed by atoms with E-state index in [1.165, 1.54) is 0 Å². The summed E-state index contributed by atoms with van der Waals surface area (Å²) in [4.78, 5) is 4.51. The van der Waals surface area contributed by atoms with Crippen molar-refractivity contribution in [3.63, 3.8) is 0 Å². The molecule has 1 aromatic carbocycles. The smallest absolute Gasteiger partial charge is 0.193 e. The second-order valence-corrected chi connectivity index (χ2v) is 7.67. The third-order valence-electron chi connectivity index (χ3n) is 4.22. The van der Waals surface area contributed by atoms with Crippen LogP contribution in [0.1, 0.15) is 33.6 Å². The van der Waals surface area contributed by atoms with Gasteiger partial charge in [-0.1, -0.05) is 32.4 Å². The van der Waals surface area contributed by atoms with Crippen LogP contribution in [0.15, 0.2) is 23.2 Å². The van der Waals surface area contributed by atoms with Crippen molar-refractivity contribution in [1.82, 2.24) is 0 Å². The molecule has 3 N–H and O–H groups in total. The Kier molecular flexibility index (Phi) is 6.35. The van der Waals surface area contributed by atoms with Crippen LogP contribution in [0.25, 0.3) is 0 Å². The van der Waals surface area contributed by atoms with E-state index in [0.29, 0.717) is 29.2 Å². The van der Waals surface area contributed by atoms with Gasteiger partial charge >= 0.3 is 0 Å². The number of ether oxygens (including phenoxy) is 2. The summed E-state index contributed by atoms with van der Waals surface area (Å²) in [7, 11) is 1.59. The van der Waals surface area contributed by atoms with Gasteiger partial charge in [0.25, 0.3) is 0 Å². The summed E-state index contributed by atoms with van der Waals surface area (Å²) in [5.74, 6) is 1.40. The van der Waals surface area contributed by atoms with E-state index >= 15 is 0 Å². The number of halogens is 1. The second-order valence-electron chi connectivity index (χ2n) is 7.26. The van der Waals surface area contributed by atoms with Gasteiger partial charge in [-0.25, -0.2) is 0 Å². The molecule has 2 atom stereocenters. The molecule has 2 unspecified atom stereocenters. The molecule has 6 heteroatoms. The topological polar surface area (TPSA) is 68.9 Å². The Morgan fingerprint density at radius 2 is 2.21 bits per heavy atom. The van der Waals surface area contributed by atoms with Crippen molar-refractivity contribution in [2.75, 3.05) is 25.6 Å². The van der Waals surface area contributed by atoms with E-state index in [1.807, 2.05) is 6.07 Å². The van der Waals surface area contributed by atoms with Crippen LogP contribution in [0.4, 0.5) is 5.69 Å². The van der Waals surface area contributed by atoms with Gasteiger partial charge in [-0.15, -0.1) is 0 Å². The van der Waals surface area contributed by atoms with Crippen LogP contribution >= 0.6 is 11.6 Å². The van der Waals surface area contributed by atoms with Crippen LogP contribution in [0.2, 0.25) is 5.02 Å². The Balaban J connectivity index is 1.99. The molecule has 0 bridgehead atoms. The van der Waals surface area contributed by atoms with Crippen molar-refractivity contribution >= 4 is 23.2 Å². The van der Waals surface area contributed by atoms with Crippen LogP contribution in [0.5, 0.6) is 5.75 Å². The maximum atomic E-state index is 6.12. The molecule has 0 aromatic heterocycles. The minimum Gasteiger partial charge on any atom is -0.495 e. The molecule has 0 radical (unpaired) electrons. The molecule has 0 aliphatic carbocycles. The molecule has 0 spiro atoms. The largest absolute Gasteiger partial charge is 0.495 e. The predicted molar refractivity (Wildman–Crippen MR) is 100 cm³/mol. The number of hydrogen-bond donors (Lipinski definition) is 2. The van der Waals surface area contributed by atoms with Crippen LogP contribution in [0.3, 0.4) is 0 Å². The van der Waals surface area contributed by atoms with Crippen molar-refractivity contribution in [1.29, 1.82) is 0 Å². The number of aliphatic imine (C=N–C) groups is 1. The van der Waals surface area contributed by atoms with Gasteiger partial charge in [-0.05, 0) is 36.5 Å². The van der Waals surface area contributed by atoms with Gasteiger partial charge < -0.3 is 20.5 Å². The number of anilines is 1. The van der Waals surface area contributed by atoms with E-state index in [9.17, 15) is 0 Å². The van der Waals surface area contributed by atoms with Crippen LogP contribution < -0.4 is 15.8 Å². The SMILES string of the molecule is COc1ccc(NC(N)=NCC2CCCOC2C(C)(C)C)cc1Cl. The highest BCUT2D eigenvalue weighted by atomic mass is 35.5. The Bertz CT molecular complexity index is 584. The summed E-state index contributed by atoms with van der Waals surface area (Å²) in [5, 5.41) is 3.61. The van der Waals surface area contributed by atoms with Gasteiger partial charge in [0.2, 0.25) is 0 Å². The zero-order chi connectivity index (χ0) is 17.7. The normalized spacial score (nSPS) is 22.3. The first-order valence-electron chi connectivity index (χ1n) is 8.33. The molecule has 1 aliphatic rings. The van der Waals surface area contributed by atoms with E-state index in [0.717, 1.165) is 25.1 Å². The summed E-state index contributed by atoms with van der Waals surface area (Å²) < 4.78 is 11.1. The highest BCUT2D eigenvalue weighted by molar-refractivity contribution is 6.32. The van der Waals surface area contributed by atoms with Crippen LogP contribution in [-0.4, -0.2) is 32.3 Å². The maximum absolute atomic E-state index is 6.12. The molecule has 1 saturated heterocycles. The lowest BCUT2D eigenvalue weighted by atomic mass is 9.78. The first-order chi connectivity index (χ1) is 11.3. The molecule has 1 heterocycles. The monoisotopic (exact) mass is 353 g/mol. The summed E-state index contributed by atoms with van der Waals surface area (Å²) in [5.41, 5.74) is 6.91. The number of guanidine groups is 1. The number of hydrogen-bond acceptors (Lipinski definition) is 3. The van der Waals surface area contributed by atoms with E-state index in [1.54, 1.807) is 19.2 Å². The molecule has 134 valence electrons. The van der Waals surface area contributed by atoms with Crippen molar-refractivity contribution in [3.05, 3.63) is 23.2 Å². The van der Waals surface area contributed by atoms with E-state index in [-0.39, 0.29) is 11.5 Å². The number of rotatable bonds is 4. The second kappa shape index (κ2) is 8.08. The van der Waals surface area contributed by atoms with Crippen molar-refractivity contribution < 1.29 is 9.47 Å². The third kappa shape index (κ3) is 5.02. The van der Waals surface area contributed by atoms with Gasteiger partial charge in [0.1, 0.15) is 5.75 Å². The van der Waals surface area contributed by atoms with Gasteiger partial charge in [0.15, 0.2) is 5.96 Å². The Hall–Kier alpha value is -1.46. The first-order valence-corrected chi connectivity index (χ1v) is 8.71. The van der Waals surface area contributed by atoms with Gasteiger partial charge in [0.05, 0.1) is 18.2 Å². The van der Waals surface area contributed by atoms with Crippen LogP contribution in [-0.2, 0) is 4.74 Å². The quantitative estimate of drug-likeness (QED) is 0.636. The van der Waals surface area contributed by atoms with Crippen molar-refractivity contribution in [3.8, 4) is 5.75 Å². The lowest BCUT2D eigenvalue weighted by Gasteiger charge is -2.39. The fraction of sp³-hybridized carbons (Fsp3) is 0.611. The molecule has 1 aliphatic heterocycles. The minimum absolute atomic E-state index is 0.103. The molecule has 24 heavy (non-hydrogen) atoms. The predicted octanol–water partition coefficient (Wildman–Crippen LogP) is 3.92. The molecule has 5 nitrogen and oxygen atoms in total. The number of nitrogens with zero attached hydrogens (tertiary/aromatic N) is 1. The molecule has 1 fully saturated rings. The molecule has 1 aromatic rings. The average Bonchev–Trinajstić information content (AvgIpc) is 2.52. The van der Waals surface area contributed by atoms with E-state index in [4.69, 9.17) is 26.8 Å². The number of nitrogens with one attached hydrogen (secondary N) is 1. The molecule has 0 amide bonds. The summed E-state index contributed by atoms with van der Waals surface area (Å²) in [6.07, 6.45) is 2.40. The Labute approximate surface area is 149 Å². The molecular weight excluding hydrogens is 326 g/mol. The van der Waals surface area contributed by atoms with E-state index in [2.05, 4.69) is 31.1 Å². The lowest BCUT2D eigenvalue weighted by Crippen LogP contribution is -2.41. The number of nitrogens with two attached hydrogens (primary N) is 1. The zero-order valence-electron chi connectivity index (χ0n) is 14.9. The third-order valence-corrected chi connectivity index (χ3v) is 4.51. The summed E-state index contributed by atoms with van der Waals surface area (Å²) in [6.45, 7) is 8.12. The fourth-order valence-corrected chi connectivity index (χ4v) is 3.39. The molecular formula is C18H28ClN3O2. The molecule has 2 rings (SSSR count). The standard InChI is InChI=1S/C18H28ClN3O2/c1-18(2,3)16-12(6-5-9-24-16)11-21-17(20)22-13-7-8-15(23-4)14(19)10-13/h7-8,10,12,16H,5-6,9,11H2,1-4H3,(H3,20,21,22). The molecule has 0 saturated carbocycles. The highest BCUT2D eigenvalue weighted by Gasteiger charge is 2.35. The minimum atomic E-state index is 0.103. The van der Waals surface area contributed by atoms with Crippen molar-refractivity contribution in [2.45, 2.75) is 39.7 Å². The van der Waals surface area contributed by atoms with Crippen molar-refractivity contribution in [2.24, 2.45) is 22.1 Å². The summed E-state index contributed by atoms with van der Waals surface area (Å²) >= 11 is 6.12. The number of benzene rings is 1. The van der Waals surface area contributed by atoms with Gasteiger partial charge in [-0.3, -0.25) is 4.99 Å². The summed E-state index contributed by atoms with van der Waals surface area (Å²) in [6, 6.07) is 5.42. The first kappa shape index (κ1) is 18.9. The fourth-order valence-electron chi connectivity index (χ4n) is 3.13.